The van der Waals surface area contributed by atoms with Crippen LogP contribution in [0.25, 0.3) is 0 Å². The number of ether oxygens (including phenoxy) is 2. The SMILES string of the molecule is COc1cc2c(cc1CN1C[C@@H]3OCCC(=O)N(C)[C@H]3C1)CCC2. The highest BCUT2D eigenvalue weighted by atomic mass is 16.5. The normalized spacial score (nSPS) is 27.1. The van der Waals surface area contributed by atoms with Crippen molar-refractivity contribution in [2.45, 2.75) is 44.4 Å². The number of aryl methyl sites for hydroxylation is 2. The summed E-state index contributed by atoms with van der Waals surface area (Å²) in [6.45, 7) is 3.14. The maximum atomic E-state index is 12.1. The van der Waals surface area contributed by atoms with Crippen molar-refractivity contribution < 1.29 is 14.3 Å². The Hall–Kier alpha value is -1.59. The van der Waals surface area contributed by atoms with Crippen molar-refractivity contribution in [1.82, 2.24) is 9.80 Å². The molecule has 3 aliphatic rings. The number of benzene rings is 1. The molecule has 24 heavy (non-hydrogen) atoms. The van der Waals surface area contributed by atoms with E-state index in [0.29, 0.717) is 13.0 Å². The molecule has 2 atom stereocenters. The third-order valence-electron chi connectivity index (χ3n) is 5.74. The fourth-order valence-corrected chi connectivity index (χ4v) is 4.36. The Kier molecular flexibility index (Phi) is 4.22. The lowest BCUT2D eigenvalue weighted by atomic mass is 10.0. The summed E-state index contributed by atoms with van der Waals surface area (Å²) < 4.78 is 11.6. The van der Waals surface area contributed by atoms with Crippen LogP contribution in [0, 0.1) is 0 Å². The zero-order chi connectivity index (χ0) is 16.7. The van der Waals surface area contributed by atoms with E-state index in [1.54, 1.807) is 7.11 Å². The molecule has 2 aliphatic heterocycles. The fourth-order valence-electron chi connectivity index (χ4n) is 4.36. The van der Waals surface area contributed by atoms with Crippen molar-refractivity contribution in [2.24, 2.45) is 0 Å². The van der Waals surface area contributed by atoms with Crippen molar-refractivity contribution >= 4 is 5.91 Å². The fraction of sp³-hybridized carbons (Fsp3) is 0.632. The van der Waals surface area contributed by atoms with Crippen molar-refractivity contribution in [3.8, 4) is 5.75 Å². The average molecular weight is 330 g/mol. The van der Waals surface area contributed by atoms with E-state index in [-0.39, 0.29) is 18.1 Å². The molecule has 2 heterocycles. The number of carbonyl (C=O) groups excluding carboxylic acids is 1. The third kappa shape index (κ3) is 2.80. The van der Waals surface area contributed by atoms with Gasteiger partial charge in [-0.3, -0.25) is 9.69 Å². The number of hydrogen-bond donors (Lipinski definition) is 0. The zero-order valence-electron chi connectivity index (χ0n) is 14.6. The molecule has 130 valence electrons. The molecule has 2 fully saturated rings. The highest BCUT2D eigenvalue weighted by molar-refractivity contribution is 5.76. The number of carbonyl (C=O) groups is 1. The second kappa shape index (κ2) is 6.37. The second-order valence-corrected chi connectivity index (χ2v) is 7.21. The number of amides is 1. The van der Waals surface area contributed by atoms with E-state index in [2.05, 4.69) is 17.0 Å². The Balaban J connectivity index is 1.52. The van der Waals surface area contributed by atoms with Gasteiger partial charge in [0.1, 0.15) is 5.75 Å². The van der Waals surface area contributed by atoms with E-state index in [0.717, 1.165) is 25.4 Å². The first-order valence-corrected chi connectivity index (χ1v) is 8.94. The van der Waals surface area contributed by atoms with E-state index in [4.69, 9.17) is 9.47 Å². The number of rotatable bonds is 3. The minimum Gasteiger partial charge on any atom is -0.496 e. The molecule has 2 saturated heterocycles. The van der Waals surface area contributed by atoms with E-state index in [9.17, 15) is 4.79 Å². The van der Waals surface area contributed by atoms with Gasteiger partial charge < -0.3 is 14.4 Å². The van der Waals surface area contributed by atoms with Crippen molar-refractivity contribution in [3.05, 3.63) is 28.8 Å². The predicted octanol–water partition coefficient (Wildman–Crippen LogP) is 1.62. The second-order valence-electron chi connectivity index (χ2n) is 7.21. The molecule has 0 bridgehead atoms. The molecule has 0 radical (unpaired) electrons. The molecule has 1 aliphatic carbocycles. The summed E-state index contributed by atoms with van der Waals surface area (Å²) >= 11 is 0. The van der Waals surface area contributed by atoms with Gasteiger partial charge in [-0.2, -0.15) is 0 Å². The summed E-state index contributed by atoms with van der Waals surface area (Å²) in [6, 6.07) is 4.71. The Morgan fingerprint density at radius 3 is 2.79 bits per heavy atom. The number of fused-ring (bicyclic) bond motifs is 2. The summed E-state index contributed by atoms with van der Waals surface area (Å²) in [5.74, 6) is 1.19. The van der Waals surface area contributed by atoms with Crippen molar-refractivity contribution in [1.29, 1.82) is 0 Å². The lowest BCUT2D eigenvalue weighted by Gasteiger charge is -2.25. The average Bonchev–Trinajstić information content (AvgIpc) is 3.16. The van der Waals surface area contributed by atoms with Crippen molar-refractivity contribution in [2.75, 3.05) is 33.9 Å². The van der Waals surface area contributed by atoms with E-state index in [1.165, 1.54) is 36.0 Å². The zero-order valence-corrected chi connectivity index (χ0v) is 14.6. The molecule has 1 aromatic rings. The highest BCUT2D eigenvalue weighted by Crippen LogP contribution is 2.32. The lowest BCUT2D eigenvalue weighted by Crippen LogP contribution is -2.42. The van der Waals surface area contributed by atoms with Crippen LogP contribution >= 0.6 is 0 Å². The molecule has 0 aromatic heterocycles. The molecule has 5 nitrogen and oxygen atoms in total. The Morgan fingerprint density at radius 1 is 1.21 bits per heavy atom. The van der Waals surface area contributed by atoms with Crippen LogP contribution in [0.15, 0.2) is 12.1 Å². The van der Waals surface area contributed by atoms with Gasteiger partial charge in [0.2, 0.25) is 5.91 Å². The van der Waals surface area contributed by atoms with Crippen LogP contribution in [-0.2, 0) is 28.9 Å². The molecular weight excluding hydrogens is 304 g/mol. The van der Waals surface area contributed by atoms with Gasteiger partial charge in [0.15, 0.2) is 0 Å². The quantitative estimate of drug-likeness (QED) is 0.844. The van der Waals surface area contributed by atoms with E-state index < -0.39 is 0 Å². The smallest absolute Gasteiger partial charge is 0.225 e. The van der Waals surface area contributed by atoms with Gasteiger partial charge in [-0.15, -0.1) is 0 Å². The van der Waals surface area contributed by atoms with Gasteiger partial charge in [-0.25, -0.2) is 0 Å². The summed E-state index contributed by atoms with van der Waals surface area (Å²) in [4.78, 5) is 16.3. The van der Waals surface area contributed by atoms with Crippen LogP contribution in [-0.4, -0.2) is 61.7 Å². The maximum Gasteiger partial charge on any atom is 0.225 e. The number of likely N-dealkylation sites (N-methyl/N-ethyl adjacent to an activating group) is 1. The molecule has 4 rings (SSSR count). The van der Waals surface area contributed by atoms with Gasteiger partial charge in [0.25, 0.3) is 0 Å². The Morgan fingerprint density at radius 2 is 2.00 bits per heavy atom. The summed E-state index contributed by atoms with van der Waals surface area (Å²) in [7, 11) is 3.66. The standard InChI is InChI=1S/C19H26N2O3/c1-20-16-11-21(12-18(16)24-7-6-19(20)22)10-15-8-13-4-3-5-14(13)9-17(15)23-2/h8-9,16,18H,3-7,10-12H2,1-2H3/t16-,18-/m0/s1. The molecule has 0 saturated carbocycles. The van der Waals surface area contributed by atoms with Crippen LogP contribution in [0.5, 0.6) is 5.75 Å². The molecular formula is C19H26N2O3. The number of likely N-dealkylation sites (tertiary alicyclic amines) is 1. The Bertz CT molecular complexity index is 646. The number of nitrogens with zero attached hydrogens (tertiary/aromatic N) is 2. The molecule has 1 aromatic carbocycles. The van der Waals surface area contributed by atoms with Gasteiger partial charge in [0, 0.05) is 32.2 Å². The molecule has 1 amide bonds. The van der Waals surface area contributed by atoms with Crippen LogP contribution in [0.1, 0.15) is 29.5 Å². The van der Waals surface area contributed by atoms with E-state index >= 15 is 0 Å². The molecule has 0 N–H and O–H groups in total. The topological polar surface area (TPSA) is 42.0 Å². The first-order valence-electron chi connectivity index (χ1n) is 8.94. The molecule has 0 unspecified atom stereocenters. The first kappa shape index (κ1) is 15.9. The minimum absolute atomic E-state index is 0.127. The van der Waals surface area contributed by atoms with Gasteiger partial charge in [0.05, 0.1) is 32.3 Å². The monoisotopic (exact) mass is 330 g/mol. The van der Waals surface area contributed by atoms with Crippen LogP contribution < -0.4 is 4.74 Å². The number of hydrogen-bond acceptors (Lipinski definition) is 4. The lowest BCUT2D eigenvalue weighted by molar-refractivity contribution is -0.131. The first-order chi connectivity index (χ1) is 11.7. The van der Waals surface area contributed by atoms with Gasteiger partial charge >= 0.3 is 0 Å². The maximum absolute atomic E-state index is 12.1. The number of methoxy groups -OCH3 is 1. The summed E-state index contributed by atoms with van der Waals surface area (Å²) in [5.41, 5.74) is 4.17. The Labute approximate surface area is 143 Å². The molecule has 5 heteroatoms. The van der Waals surface area contributed by atoms with Gasteiger partial charge in [-0.1, -0.05) is 6.07 Å². The van der Waals surface area contributed by atoms with Crippen LogP contribution in [0.3, 0.4) is 0 Å². The van der Waals surface area contributed by atoms with Crippen molar-refractivity contribution in [3.63, 3.8) is 0 Å². The predicted molar refractivity (Wildman–Crippen MR) is 91.2 cm³/mol. The summed E-state index contributed by atoms with van der Waals surface area (Å²) in [6.07, 6.45) is 4.22. The minimum atomic E-state index is 0.127. The van der Waals surface area contributed by atoms with Crippen LogP contribution in [0.2, 0.25) is 0 Å². The third-order valence-corrected chi connectivity index (χ3v) is 5.74. The van der Waals surface area contributed by atoms with E-state index in [1.807, 2.05) is 11.9 Å². The molecule has 0 spiro atoms. The largest absolute Gasteiger partial charge is 0.496 e. The van der Waals surface area contributed by atoms with Crippen LogP contribution in [0.4, 0.5) is 0 Å². The highest BCUT2D eigenvalue weighted by Gasteiger charge is 2.39. The summed E-state index contributed by atoms with van der Waals surface area (Å²) in [5, 5.41) is 0. The van der Waals surface area contributed by atoms with Gasteiger partial charge in [-0.05, 0) is 36.5 Å².